The van der Waals surface area contributed by atoms with E-state index in [1.54, 1.807) is 0 Å². The Bertz CT molecular complexity index is 1150. The average molecular weight is 499 g/mol. The predicted octanol–water partition coefficient (Wildman–Crippen LogP) is 4.69. The van der Waals surface area contributed by atoms with Gasteiger partial charge in [-0.3, -0.25) is 4.79 Å². The third kappa shape index (κ3) is 7.35. The minimum atomic E-state index is -0.00179. The van der Waals surface area contributed by atoms with Gasteiger partial charge in [0.2, 0.25) is 0 Å². The lowest BCUT2D eigenvalue weighted by Crippen LogP contribution is -2.38. The van der Waals surface area contributed by atoms with Crippen molar-refractivity contribution in [3.8, 4) is 6.07 Å². The van der Waals surface area contributed by atoms with Crippen LogP contribution in [-0.4, -0.2) is 59.9 Å². The zero-order valence-corrected chi connectivity index (χ0v) is 22.5. The molecule has 3 rings (SSSR count). The molecule has 2 aromatic rings. The smallest absolute Gasteiger partial charge is 0.300 e. The first kappa shape index (κ1) is 27.8. The van der Waals surface area contributed by atoms with Crippen molar-refractivity contribution in [1.82, 2.24) is 20.0 Å². The van der Waals surface area contributed by atoms with Gasteiger partial charge in [0.15, 0.2) is 0 Å². The van der Waals surface area contributed by atoms with E-state index in [0.29, 0.717) is 44.1 Å². The number of benzene rings is 2. The number of carbonyl (C=O) groups is 1. The van der Waals surface area contributed by atoms with Gasteiger partial charge >= 0.3 is 5.70 Å². The summed E-state index contributed by atoms with van der Waals surface area (Å²) in [6, 6.07) is 16.3. The summed E-state index contributed by atoms with van der Waals surface area (Å²) in [5.74, 6) is 0.669. The summed E-state index contributed by atoms with van der Waals surface area (Å²) in [5, 5.41) is 13.1. The summed E-state index contributed by atoms with van der Waals surface area (Å²) in [5.41, 5.74) is 5.50. The van der Waals surface area contributed by atoms with Crippen LogP contribution in [0, 0.1) is 31.8 Å². The Morgan fingerprint density at radius 2 is 1.76 bits per heavy atom. The van der Waals surface area contributed by atoms with E-state index < -0.39 is 0 Å². The van der Waals surface area contributed by atoms with Gasteiger partial charge in [0.1, 0.15) is 5.82 Å². The van der Waals surface area contributed by atoms with Crippen LogP contribution in [0.5, 0.6) is 0 Å². The third-order valence-electron chi connectivity index (χ3n) is 6.59. The monoisotopic (exact) mass is 498 g/mol. The molecule has 0 aliphatic carbocycles. The molecule has 0 spiro atoms. The molecule has 7 heteroatoms. The number of nitrogens with zero attached hydrogens (tertiary/aromatic N) is 5. The highest BCUT2D eigenvalue weighted by molar-refractivity contribution is 5.94. The van der Waals surface area contributed by atoms with Crippen LogP contribution in [0.2, 0.25) is 0 Å². The quantitative estimate of drug-likeness (QED) is 0.276. The van der Waals surface area contributed by atoms with Crippen LogP contribution in [0.25, 0.3) is 4.85 Å². The van der Waals surface area contributed by atoms with Gasteiger partial charge in [0.25, 0.3) is 5.91 Å². The van der Waals surface area contributed by atoms with Crippen molar-refractivity contribution < 1.29 is 4.79 Å². The van der Waals surface area contributed by atoms with Gasteiger partial charge in [-0.05, 0) is 57.0 Å². The average Bonchev–Trinajstić information content (AvgIpc) is 3.27. The molecule has 37 heavy (non-hydrogen) atoms. The van der Waals surface area contributed by atoms with Gasteiger partial charge in [-0.25, -0.2) is 10.1 Å². The molecule has 1 amide bonds. The number of amides is 1. The number of hydrogen-bond donors (Lipinski definition) is 1. The second kappa shape index (κ2) is 13.5. The maximum atomic E-state index is 13.2. The van der Waals surface area contributed by atoms with Crippen LogP contribution in [0.4, 0.5) is 0 Å². The largest absolute Gasteiger partial charge is 0.363 e. The minimum absolute atomic E-state index is 0.00179. The topological polar surface area (TPSA) is 67.0 Å². The van der Waals surface area contributed by atoms with Crippen LogP contribution in [0.15, 0.2) is 54.0 Å². The summed E-state index contributed by atoms with van der Waals surface area (Å²) >= 11 is 0. The van der Waals surface area contributed by atoms with E-state index in [9.17, 15) is 10.1 Å². The molecule has 1 saturated heterocycles. The molecule has 1 aliphatic rings. The Morgan fingerprint density at radius 1 is 1.08 bits per heavy atom. The van der Waals surface area contributed by atoms with Gasteiger partial charge in [0, 0.05) is 51.4 Å². The molecule has 0 bridgehead atoms. The highest BCUT2D eigenvalue weighted by atomic mass is 16.2. The summed E-state index contributed by atoms with van der Waals surface area (Å²) in [6.45, 7) is 21.4. The highest BCUT2D eigenvalue weighted by Crippen LogP contribution is 2.26. The van der Waals surface area contributed by atoms with Crippen molar-refractivity contribution in [2.24, 2.45) is 0 Å². The molecule has 1 heterocycles. The molecule has 7 nitrogen and oxygen atoms in total. The number of likely N-dealkylation sites (N-methyl/N-ethyl adjacent to an activating group) is 1. The first-order chi connectivity index (χ1) is 17.9. The van der Waals surface area contributed by atoms with Gasteiger partial charge in [-0.2, -0.15) is 0 Å². The number of nitrogens with one attached hydrogen (secondary N) is 1. The normalized spacial score (nSPS) is 14.3. The molecule has 0 unspecified atom stereocenters. The summed E-state index contributed by atoms with van der Waals surface area (Å²) in [6.07, 6.45) is 1.09. The lowest BCUT2D eigenvalue weighted by Gasteiger charge is -2.28. The van der Waals surface area contributed by atoms with Gasteiger partial charge in [-0.15, -0.1) is 0 Å². The van der Waals surface area contributed by atoms with Crippen LogP contribution < -0.4 is 5.32 Å². The van der Waals surface area contributed by atoms with E-state index in [1.807, 2.05) is 36.1 Å². The van der Waals surface area contributed by atoms with Crippen molar-refractivity contribution in [2.45, 2.75) is 47.2 Å². The Kier molecular flexibility index (Phi) is 10.1. The number of carbonyl (C=O) groups excluding carboxylic acids is 1. The SMILES string of the molecule is [C-]#[N+]/C(C#N)=C1\N(CCN(CC)C(=O)c2ccc(CNCCC)cc2)CCN1Cc1cc(C)cc(C)c1. The fourth-order valence-electron chi connectivity index (χ4n) is 4.83. The van der Waals surface area contributed by atoms with Crippen LogP contribution in [0.1, 0.15) is 52.9 Å². The van der Waals surface area contributed by atoms with Crippen LogP contribution in [0.3, 0.4) is 0 Å². The summed E-state index contributed by atoms with van der Waals surface area (Å²) < 4.78 is 0. The second-order valence-corrected chi connectivity index (χ2v) is 9.56. The molecule has 2 aromatic carbocycles. The van der Waals surface area contributed by atoms with Crippen molar-refractivity contribution >= 4 is 5.91 Å². The molecule has 1 fully saturated rings. The molecule has 0 atom stereocenters. The molecule has 194 valence electrons. The van der Waals surface area contributed by atoms with Gasteiger partial charge < -0.3 is 20.0 Å². The molecular formula is C30H38N6O. The maximum Gasteiger partial charge on any atom is 0.300 e. The Hall–Kier alpha value is -3.81. The standard InChI is InChI=1S/C30H38N6O/c1-6-12-33-21-25-8-10-27(11-9-25)30(37)34(7-2)13-14-35-15-16-36(29(35)28(20-31)32-5)22-26-18-23(3)17-24(4)19-26/h8-11,17-19,33H,6-7,12-16,21-22H2,1-4H3/b29-28+. The molecule has 0 aromatic heterocycles. The van der Waals surface area contributed by atoms with Crippen molar-refractivity contribution in [1.29, 1.82) is 5.26 Å². The van der Waals surface area contributed by atoms with E-state index >= 15 is 0 Å². The van der Waals surface area contributed by atoms with E-state index in [2.05, 4.69) is 65.0 Å². The van der Waals surface area contributed by atoms with Gasteiger partial charge in [-0.1, -0.05) is 48.4 Å². The Labute approximate surface area is 221 Å². The minimum Gasteiger partial charge on any atom is -0.363 e. The highest BCUT2D eigenvalue weighted by Gasteiger charge is 2.29. The molecule has 1 aliphatic heterocycles. The van der Waals surface area contributed by atoms with Crippen molar-refractivity contribution in [2.75, 3.05) is 39.3 Å². The van der Waals surface area contributed by atoms with Crippen LogP contribution >= 0.6 is 0 Å². The number of aryl methyl sites for hydroxylation is 2. The predicted molar refractivity (Wildman–Crippen MR) is 147 cm³/mol. The van der Waals surface area contributed by atoms with E-state index in [4.69, 9.17) is 6.57 Å². The van der Waals surface area contributed by atoms with Crippen molar-refractivity contribution in [3.63, 3.8) is 0 Å². The molecule has 0 saturated carbocycles. The first-order valence-electron chi connectivity index (χ1n) is 13.1. The number of rotatable bonds is 11. The second-order valence-electron chi connectivity index (χ2n) is 9.56. The fraction of sp³-hybridized carbons (Fsp3) is 0.433. The van der Waals surface area contributed by atoms with Gasteiger partial charge in [0.05, 0.1) is 12.6 Å². The fourth-order valence-corrected chi connectivity index (χ4v) is 4.83. The van der Waals surface area contributed by atoms with E-state index in [1.165, 1.54) is 11.1 Å². The summed E-state index contributed by atoms with van der Waals surface area (Å²) in [4.78, 5) is 22.8. The first-order valence-corrected chi connectivity index (χ1v) is 13.1. The molecule has 1 N–H and O–H groups in total. The number of allylic oxidation sites excluding steroid dienone is 1. The van der Waals surface area contributed by atoms with E-state index in [0.717, 1.165) is 37.2 Å². The van der Waals surface area contributed by atoms with Crippen molar-refractivity contribution in [3.05, 3.63) is 93.2 Å². The summed E-state index contributed by atoms with van der Waals surface area (Å²) in [7, 11) is 0. The lowest BCUT2D eigenvalue weighted by molar-refractivity contribution is 0.0752. The molecular weight excluding hydrogens is 460 g/mol. The number of hydrogen-bond acceptors (Lipinski definition) is 5. The zero-order chi connectivity index (χ0) is 26.8. The van der Waals surface area contributed by atoms with E-state index in [-0.39, 0.29) is 11.6 Å². The number of nitriles is 1. The zero-order valence-electron chi connectivity index (χ0n) is 22.5. The Morgan fingerprint density at radius 3 is 2.35 bits per heavy atom. The Balaban J connectivity index is 1.69. The maximum absolute atomic E-state index is 13.2. The molecule has 0 radical (unpaired) electrons. The third-order valence-corrected chi connectivity index (χ3v) is 6.59. The van der Waals surface area contributed by atoms with Crippen LogP contribution in [-0.2, 0) is 13.1 Å². The lowest BCUT2D eigenvalue weighted by atomic mass is 10.1.